The van der Waals surface area contributed by atoms with Crippen LogP contribution < -0.4 is 14.4 Å². The van der Waals surface area contributed by atoms with Crippen LogP contribution in [-0.2, 0) is 6.61 Å². The number of methoxy groups -OCH3 is 1. The number of hydrogen-bond donors (Lipinski definition) is 0. The Morgan fingerprint density at radius 2 is 1.69 bits per heavy atom. The number of halogens is 2. The fourth-order valence-electron chi connectivity index (χ4n) is 3.75. The number of nitrogens with zero attached hydrogens (tertiary/aromatic N) is 2. The lowest BCUT2D eigenvalue weighted by atomic mass is 10.1. The number of amides is 1. The van der Waals surface area contributed by atoms with Crippen LogP contribution in [0.5, 0.6) is 11.5 Å². The zero-order valence-corrected chi connectivity index (χ0v) is 19.3. The molecular formula is C25H24BrFN2O3. The fraction of sp³-hybridized carbons (Fsp3) is 0.240. The molecule has 1 aliphatic heterocycles. The lowest BCUT2D eigenvalue weighted by Gasteiger charge is -2.36. The zero-order valence-electron chi connectivity index (χ0n) is 17.8. The largest absolute Gasteiger partial charge is 0.493 e. The second-order valence-corrected chi connectivity index (χ2v) is 8.35. The topological polar surface area (TPSA) is 42.0 Å². The van der Waals surface area contributed by atoms with Gasteiger partial charge in [-0.2, -0.15) is 0 Å². The van der Waals surface area contributed by atoms with Crippen molar-refractivity contribution >= 4 is 27.5 Å². The molecule has 0 radical (unpaired) electrons. The first-order chi connectivity index (χ1) is 15.6. The van der Waals surface area contributed by atoms with E-state index < -0.39 is 0 Å². The van der Waals surface area contributed by atoms with Gasteiger partial charge in [0.1, 0.15) is 12.4 Å². The van der Waals surface area contributed by atoms with Gasteiger partial charge in [-0.3, -0.25) is 4.79 Å². The number of benzene rings is 3. The van der Waals surface area contributed by atoms with E-state index in [1.54, 1.807) is 36.3 Å². The minimum atomic E-state index is -0.243. The van der Waals surface area contributed by atoms with Crippen molar-refractivity contribution in [2.75, 3.05) is 38.2 Å². The molecule has 0 aliphatic carbocycles. The van der Waals surface area contributed by atoms with Crippen LogP contribution in [0.25, 0.3) is 0 Å². The van der Waals surface area contributed by atoms with Gasteiger partial charge in [0.15, 0.2) is 11.5 Å². The molecule has 1 amide bonds. The molecule has 0 spiro atoms. The Morgan fingerprint density at radius 3 is 2.38 bits per heavy atom. The first-order valence-electron chi connectivity index (χ1n) is 10.4. The maximum absolute atomic E-state index is 14.1. The highest BCUT2D eigenvalue weighted by molar-refractivity contribution is 9.10. The van der Waals surface area contributed by atoms with Crippen molar-refractivity contribution in [3.8, 4) is 11.5 Å². The first-order valence-corrected chi connectivity index (χ1v) is 11.2. The summed E-state index contributed by atoms with van der Waals surface area (Å²) in [6, 6.07) is 20.0. The number of hydrogen-bond acceptors (Lipinski definition) is 4. The molecule has 1 saturated heterocycles. The summed E-state index contributed by atoms with van der Waals surface area (Å²) in [6.45, 7) is 2.56. The predicted molar refractivity (Wildman–Crippen MR) is 126 cm³/mol. The lowest BCUT2D eigenvalue weighted by molar-refractivity contribution is 0.0746. The summed E-state index contributed by atoms with van der Waals surface area (Å²) in [5.41, 5.74) is 2.12. The molecule has 7 heteroatoms. The molecule has 0 unspecified atom stereocenters. The minimum absolute atomic E-state index is 0.0909. The summed E-state index contributed by atoms with van der Waals surface area (Å²) >= 11 is 3.53. The van der Waals surface area contributed by atoms with E-state index in [9.17, 15) is 9.18 Å². The fourth-order valence-corrected chi connectivity index (χ4v) is 4.31. The molecule has 0 saturated carbocycles. The Kier molecular flexibility index (Phi) is 6.95. The number of ether oxygens (including phenoxy) is 2. The SMILES string of the molecule is COc1cc(C(=O)N2CCN(c3ccccc3F)CC2)cc(Br)c1OCc1ccccc1. The van der Waals surface area contributed by atoms with Gasteiger partial charge < -0.3 is 19.3 Å². The van der Waals surface area contributed by atoms with Crippen LogP contribution >= 0.6 is 15.9 Å². The summed E-state index contributed by atoms with van der Waals surface area (Å²) in [7, 11) is 1.55. The van der Waals surface area contributed by atoms with Gasteiger partial charge in [-0.05, 0) is 45.8 Å². The van der Waals surface area contributed by atoms with Gasteiger partial charge in [0.25, 0.3) is 5.91 Å². The second-order valence-electron chi connectivity index (χ2n) is 7.49. The highest BCUT2D eigenvalue weighted by Gasteiger charge is 2.25. The van der Waals surface area contributed by atoms with Gasteiger partial charge in [0.05, 0.1) is 17.3 Å². The molecule has 0 N–H and O–H groups in total. The molecule has 1 fully saturated rings. The summed E-state index contributed by atoms with van der Waals surface area (Å²) in [5, 5.41) is 0. The lowest BCUT2D eigenvalue weighted by Crippen LogP contribution is -2.49. The Bertz CT molecular complexity index is 1090. The van der Waals surface area contributed by atoms with Gasteiger partial charge >= 0.3 is 0 Å². The van der Waals surface area contributed by atoms with E-state index in [2.05, 4.69) is 15.9 Å². The number of carbonyl (C=O) groups is 1. The Labute approximate surface area is 195 Å². The molecule has 3 aromatic carbocycles. The number of para-hydroxylation sites is 1. The van der Waals surface area contributed by atoms with E-state index in [1.807, 2.05) is 41.3 Å². The zero-order chi connectivity index (χ0) is 22.5. The summed E-state index contributed by atoms with van der Waals surface area (Å²) in [6.07, 6.45) is 0. The predicted octanol–water partition coefficient (Wildman–Crippen LogP) is 5.14. The van der Waals surface area contributed by atoms with Crippen LogP contribution in [0.15, 0.2) is 71.2 Å². The molecule has 0 atom stereocenters. The van der Waals surface area contributed by atoms with E-state index in [1.165, 1.54) is 6.07 Å². The minimum Gasteiger partial charge on any atom is -0.493 e. The Hall–Kier alpha value is -3.06. The molecule has 5 nitrogen and oxygen atoms in total. The molecule has 4 rings (SSSR count). The third-order valence-corrected chi connectivity index (χ3v) is 6.05. The highest BCUT2D eigenvalue weighted by Crippen LogP contribution is 2.37. The summed E-state index contributed by atoms with van der Waals surface area (Å²) in [4.78, 5) is 16.9. The van der Waals surface area contributed by atoms with Gasteiger partial charge in [-0.1, -0.05) is 42.5 Å². The van der Waals surface area contributed by atoms with E-state index in [0.29, 0.717) is 60.0 Å². The smallest absolute Gasteiger partial charge is 0.254 e. The van der Waals surface area contributed by atoms with Crippen LogP contribution in [-0.4, -0.2) is 44.1 Å². The molecule has 166 valence electrons. The van der Waals surface area contributed by atoms with Crippen molar-refractivity contribution in [3.63, 3.8) is 0 Å². The highest BCUT2D eigenvalue weighted by atomic mass is 79.9. The van der Waals surface area contributed by atoms with Gasteiger partial charge in [-0.15, -0.1) is 0 Å². The quantitative estimate of drug-likeness (QED) is 0.471. The van der Waals surface area contributed by atoms with Gasteiger partial charge in [0, 0.05) is 31.7 Å². The molecule has 1 heterocycles. The van der Waals surface area contributed by atoms with Crippen molar-refractivity contribution in [2.45, 2.75) is 6.61 Å². The molecule has 32 heavy (non-hydrogen) atoms. The van der Waals surface area contributed by atoms with Crippen LogP contribution in [0.1, 0.15) is 15.9 Å². The summed E-state index contributed by atoms with van der Waals surface area (Å²) in [5.74, 6) is 0.708. The van der Waals surface area contributed by atoms with E-state index in [0.717, 1.165) is 5.56 Å². The number of piperazine rings is 1. The van der Waals surface area contributed by atoms with Gasteiger partial charge in [-0.25, -0.2) is 4.39 Å². The Balaban J connectivity index is 1.45. The number of anilines is 1. The van der Waals surface area contributed by atoms with Crippen LogP contribution in [0.4, 0.5) is 10.1 Å². The second kappa shape index (κ2) is 10.0. The molecule has 0 bridgehead atoms. The maximum atomic E-state index is 14.1. The normalized spacial score (nSPS) is 13.7. The van der Waals surface area contributed by atoms with Crippen molar-refractivity contribution in [1.29, 1.82) is 0 Å². The maximum Gasteiger partial charge on any atom is 0.254 e. The van der Waals surface area contributed by atoms with Crippen LogP contribution in [0.3, 0.4) is 0 Å². The summed E-state index contributed by atoms with van der Waals surface area (Å²) < 4.78 is 26.2. The van der Waals surface area contributed by atoms with E-state index in [4.69, 9.17) is 9.47 Å². The monoisotopic (exact) mass is 498 g/mol. The first kappa shape index (κ1) is 22.1. The molecule has 3 aromatic rings. The number of rotatable bonds is 6. The van der Waals surface area contributed by atoms with Crippen LogP contribution in [0.2, 0.25) is 0 Å². The third kappa shape index (κ3) is 4.88. The molecular weight excluding hydrogens is 475 g/mol. The molecule has 1 aliphatic rings. The van der Waals surface area contributed by atoms with Crippen molar-refractivity contribution in [1.82, 2.24) is 4.90 Å². The van der Waals surface area contributed by atoms with Crippen LogP contribution in [0, 0.1) is 5.82 Å². The average Bonchev–Trinajstić information content (AvgIpc) is 2.83. The Morgan fingerprint density at radius 1 is 1.00 bits per heavy atom. The van der Waals surface area contributed by atoms with E-state index in [-0.39, 0.29) is 11.7 Å². The van der Waals surface area contributed by atoms with Crippen molar-refractivity contribution in [2.24, 2.45) is 0 Å². The average molecular weight is 499 g/mol. The number of carbonyl (C=O) groups excluding carboxylic acids is 1. The standard InChI is InChI=1S/C25H24BrFN2O3/c1-31-23-16-19(15-20(26)24(23)32-17-18-7-3-2-4-8-18)25(30)29-13-11-28(12-14-29)22-10-6-5-9-21(22)27/h2-10,15-16H,11-14,17H2,1H3. The van der Waals surface area contributed by atoms with Gasteiger partial charge in [0.2, 0.25) is 0 Å². The third-order valence-electron chi connectivity index (χ3n) is 5.46. The van der Waals surface area contributed by atoms with E-state index >= 15 is 0 Å². The van der Waals surface area contributed by atoms with Crippen molar-refractivity contribution in [3.05, 3.63) is 88.1 Å². The molecule has 0 aromatic heterocycles. The van der Waals surface area contributed by atoms with Crippen molar-refractivity contribution < 1.29 is 18.7 Å².